The minimum Gasteiger partial charge on any atom is -0.474 e. The Morgan fingerprint density at radius 1 is 1.05 bits per heavy atom. The van der Waals surface area contributed by atoms with Gasteiger partial charge in [0, 0.05) is 61.8 Å². The van der Waals surface area contributed by atoms with Crippen LogP contribution in [-0.4, -0.2) is 66.0 Å². The van der Waals surface area contributed by atoms with Crippen molar-refractivity contribution >= 4 is 40.3 Å². The third kappa shape index (κ3) is 5.52. The van der Waals surface area contributed by atoms with Crippen LogP contribution in [-0.2, 0) is 4.79 Å². The quantitative estimate of drug-likeness (QED) is 0.381. The number of hydrogen-bond acceptors (Lipinski definition) is 8. The summed E-state index contributed by atoms with van der Waals surface area (Å²) in [4.78, 5) is 49.3. The first-order valence-electron chi connectivity index (χ1n) is 13.1. The Hall–Kier alpha value is -4.54. The number of carbonyl (C=O) groups excluding carboxylic acids is 2. The number of benzene rings is 1. The Morgan fingerprint density at radius 3 is 2.51 bits per heavy atom. The molecule has 5 rings (SSSR count). The summed E-state index contributed by atoms with van der Waals surface area (Å²) >= 11 is 0. The normalized spacial score (nSPS) is 14.8. The molecule has 39 heavy (non-hydrogen) atoms. The molecule has 0 unspecified atom stereocenters. The third-order valence-corrected chi connectivity index (χ3v) is 6.98. The van der Waals surface area contributed by atoms with E-state index in [1.807, 2.05) is 49.9 Å². The highest BCUT2D eigenvalue weighted by atomic mass is 16.5. The van der Waals surface area contributed by atoms with Gasteiger partial charge in [0.15, 0.2) is 0 Å². The second kappa shape index (κ2) is 11.1. The van der Waals surface area contributed by atoms with E-state index in [1.54, 1.807) is 12.3 Å². The van der Waals surface area contributed by atoms with Crippen LogP contribution in [0.2, 0.25) is 0 Å². The largest absolute Gasteiger partial charge is 0.474 e. The molecule has 1 aromatic carbocycles. The number of fused-ring (bicyclic) bond motifs is 1. The van der Waals surface area contributed by atoms with Gasteiger partial charge in [-0.05, 0) is 37.3 Å². The van der Waals surface area contributed by atoms with E-state index in [1.165, 1.54) is 6.20 Å². The van der Waals surface area contributed by atoms with Crippen molar-refractivity contribution in [2.24, 2.45) is 5.92 Å². The molecule has 2 aliphatic rings. The highest BCUT2D eigenvalue weighted by molar-refractivity contribution is 6.08. The predicted octanol–water partition coefficient (Wildman–Crippen LogP) is 3.18. The van der Waals surface area contributed by atoms with Crippen molar-refractivity contribution in [3.05, 3.63) is 64.2 Å². The van der Waals surface area contributed by atoms with Crippen LogP contribution in [0.4, 0.5) is 28.4 Å². The van der Waals surface area contributed by atoms with E-state index < -0.39 is 11.5 Å². The number of hydrogen-bond donors (Lipinski definition) is 4. The lowest BCUT2D eigenvalue weighted by Gasteiger charge is -2.37. The molecule has 204 valence electrons. The van der Waals surface area contributed by atoms with Crippen LogP contribution in [0, 0.1) is 12.8 Å². The third-order valence-electron chi connectivity index (χ3n) is 6.98. The lowest BCUT2D eigenvalue weighted by molar-refractivity contribution is -0.134. The van der Waals surface area contributed by atoms with Crippen molar-refractivity contribution in [3.63, 3.8) is 0 Å². The summed E-state index contributed by atoms with van der Waals surface area (Å²) in [6.45, 7) is 9.84. The molecule has 2 amide bonds. The summed E-state index contributed by atoms with van der Waals surface area (Å²) in [5.41, 5.74) is 3.72. The second-order valence-corrected chi connectivity index (χ2v) is 9.94. The Labute approximate surface area is 226 Å². The molecule has 2 aromatic heterocycles. The van der Waals surface area contributed by atoms with Gasteiger partial charge in [-0.1, -0.05) is 13.8 Å². The van der Waals surface area contributed by atoms with Gasteiger partial charge in [0.2, 0.25) is 11.8 Å². The summed E-state index contributed by atoms with van der Waals surface area (Å²) in [5.74, 6) is 0.180. The van der Waals surface area contributed by atoms with Gasteiger partial charge in [-0.3, -0.25) is 14.4 Å². The van der Waals surface area contributed by atoms with Crippen molar-refractivity contribution in [1.82, 2.24) is 14.9 Å². The van der Waals surface area contributed by atoms with Crippen LogP contribution in [0.3, 0.4) is 0 Å². The maximum Gasteiger partial charge on any atom is 0.263 e. The number of aromatic amines is 1. The molecule has 4 N–H and O–H groups in total. The van der Waals surface area contributed by atoms with Crippen LogP contribution in [0.1, 0.15) is 29.8 Å². The minimum absolute atomic E-state index is 0.00250. The van der Waals surface area contributed by atoms with E-state index >= 15 is 0 Å². The number of amides is 2. The van der Waals surface area contributed by atoms with Crippen LogP contribution >= 0.6 is 0 Å². The van der Waals surface area contributed by atoms with Crippen molar-refractivity contribution in [1.29, 1.82) is 0 Å². The molecule has 0 aliphatic carbocycles. The zero-order valence-electron chi connectivity index (χ0n) is 22.3. The lowest BCUT2D eigenvalue weighted by atomic mass is 10.1. The number of pyridine rings is 2. The molecule has 0 spiro atoms. The highest BCUT2D eigenvalue weighted by Gasteiger charge is 2.23. The van der Waals surface area contributed by atoms with Crippen molar-refractivity contribution < 1.29 is 14.3 Å². The number of rotatable bonds is 6. The van der Waals surface area contributed by atoms with E-state index in [0.717, 1.165) is 30.0 Å². The highest BCUT2D eigenvalue weighted by Crippen LogP contribution is 2.34. The van der Waals surface area contributed by atoms with Gasteiger partial charge in [0.05, 0.1) is 17.6 Å². The van der Waals surface area contributed by atoms with Crippen LogP contribution in [0.15, 0.2) is 47.5 Å². The van der Waals surface area contributed by atoms with Crippen molar-refractivity contribution in [2.45, 2.75) is 20.8 Å². The van der Waals surface area contributed by atoms with Gasteiger partial charge in [-0.2, -0.15) is 0 Å². The van der Waals surface area contributed by atoms with Gasteiger partial charge in [-0.15, -0.1) is 0 Å². The first kappa shape index (κ1) is 26.1. The number of aromatic nitrogens is 2. The zero-order chi connectivity index (χ0) is 27.5. The molecule has 0 bridgehead atoms. The fourth-order valence-electron chi connectivity index (χ4n) is 4.80. The second-order valence-electron chi connectivity index (χ2n) is 9.94. The number of carbonyl (C=O) groups is 2. The average Bonchev–Trinajstić information content (AvgIpc) is 2.95. The van der Waals surface area contributed by atoms with E-state index in [2.05, 4.69) is 30.8 Å². The standard InChI is InChI=1S/C28H33N7O4/c1-17(2)28(38)35-13-11-34(12-14-35)20-6-4-19(5-7-20)32-26(37)23-21(8-9-30-25(23)36)33-22-16-31-27-24(18(22)3)29-10-15-39-27/h4-9,16-17,29H,10-15H2,1-3H3,(H,32,37)(H2,30,33,36). The molecular weight excluding hydrogens is 498 g/mol. The van der Waals surface area contributed by atoms with Crippen LogP contribution in [0.5, 0.6) is 5.88 Å². The summed E-state index contributed by atoms with van der Waals surface area (Å²) < 4.78 is 5.59. The van der Waals surface area contributed by atoms with Gasteiger partial charge in [0.1, 0.15) is 17.9 Å². The first-order chi connectivity index (χ1) is 18.8. The fourth-order valence-corrected chi connectivity index (χ4v) is 4.80. The predicted molar refractivity (Wildman–Crippen MR) is 151 cm³/mol. The summed E-state index contributed by atoms with van der Waals surface area (Å²) in [7, 11) is 0. The monoisotopic (exact) mass is 531 g/mol. The molecular formula is C28H33N7O4. The number of nitrogens with one attached hydrogen (secondary N) is 4. The van der Waals surface area contributed by atoms with Gasteiger partial charge in [-0.25, -0.2) is 4.98 Å². The number of anilines is 5. The molecule has 1 fully saturated rings. The molecule has 2 aliphatic heterocycles. The fraction of sp³-hybridized carbons (Fsp3) is 0.357. The SMILES string of the molecule is Cc1c(Nc2cc[nH]c(=O)c2C(=O)Nc2ccc(N3CCN(C(=O)C(C)C)CC3)cc2)cnc2c1NCCO2. The maximum atomic E-state index is 13.2. The number of ether oxygens (including phenoxy) is 1. The molecule has 0 radical (unpaired) electrons. The Kier molecular flexibility index (Phi) is 7.40. The summed E-state index contributed by atoms with van der Waals surface area (Å²) in [6.07, 6.45) is 3.12. The Bertz CT molecular complexity index is 1430. The molecule has 11 heteroatoms. The first-order valence-corrected chi connectivity index (χ1v) is 13.1. The average molecular weight is 532 g/mol. The number of piperazine rings is 1. The molecule has 4 heterocycles. The van der Waals surface area contributed by atoms with Crippen molar-refractivity contribution in [3.8, 4) is 5.88 Å². The van der Waals surface area contributed by atoms with E-state index in [9.17, 15) is 14.4 Å². The Morgan fingerprint density at radius 2 is 1.79 bits per heavy atom. The zero-order valence-corrected chi connectivity index (χ0v) is 22.3. The summed E-state index contributed by atoms with van der Waals surface area (Å²) in [5, 5.41) is 9.31. The molecule has 0 atom stereocenters. The van der Waals surface area contributed by atoms with Crippen molar-refractivity contribution in [2.75, 3.05) is 60.2 Å². The summed E-state index contributed by atoms with van der Waals surface area (Å²) in [6, 6.07) is 9.13. The van der Waals surface area contributed by atoms with Gasteiger partial charge >= 0.3 is 0 Å². The molecule has 11 nitrogen and oxygen atoms in total. The van der Waals surface area contributed by atoms with E-state index in [4.69, 9.17) is 4.74 Å². The maximum absolute atomic E-state index is 13.2. The van der Waals surface area contributed by atoms with Crippen LogP contribution in [0.25, 0.3) is 0 Å². The van der Waals surface area contributed by atoms with Gasteiger partial charge < -0.3 is 35.5 Å². The molecule has 3 aromatic rings. The lowest BCUT2D eigenvalue weighted by Crippen LogP contribution is -2.49. The smallest absolute Gasteiger partial charge is 0.263 e. The Balaban J connectivity index is 1.28. The number of H-pyrrole nitrogens is 1. The van der Waals surface area contributed by atoms with E-state index in [-0.39, 0.29) is 17.4 Å². The number of nitrogens with zero attached hydrogens (tertiary/aromatic N) is 3. The minimum atomic E-state index is -0.530. The topological polar surface area (TPSA) is 132 Å². The van der Waals surface area contributed by atoms with Gasteiger partial charge in [0.25, 0.3) is 11.5 Å². The molecule has 0 saturated carbocycles. The molecule has 1 saturated heterocycles. The van der Waals surface area contributed by atoms with Crippen LogP contribution < -0.4 is 31.1 Å². The van der Waals surface area contributed by atoms with E-state index in [0.29, 0.717) is 49.2 Å².